The highest BCUT2D eigenvalue weighted by atomic mass is 32.2. The number of thioether (sulfide) groups is 2. The molecule has 1 nitrogen and oxygen atoms in total. The van der Waals surface area contributed by atoms with Gasteiger partial charge in [-0.1, -0.05) is 20.8 Å². The van der Waals surface area contributed by atoms with Gasteiger partial charge in [0.2, 0.25) is 0 Å². The molecule has 0 amide bonds. The van der Waals surface area contributed by atoms with E-state index in [-0.39, 0.29) is 5.25 Å². The molecule has 1 fully saturated rings. The van der Waals surface area contributed by atoms with Crippen LogP contribution >= 0.6 is 23.5 Å². The van der Waals surface area contributed by atoms with Crippen LogP contribution in [0.4, 0.5) is 0 Å². The highest BCUT2D eigenvalue weighted by Crippen LogP contribution is 2.34. The Morgan fingerprint density at radius 1 is 1.36 bits per heavy atom. The maximum absolute atomic E-state index is 11.9. The van der Waals surface area contributed by atoms with Crippen LogP contribution in [-0.4, -0.2) is 27.8 Å². The number of rotatable bonds is 4. The van der Waals surface area contributed by atoms with Crippen molar-refractivity contribution in [1.29, 1.82) is 0 Å². The number of ketones is 1. The van der Waals surface area contributed by atoms with Gasteiger partial charge in [-0.15, -0.1) is 11.8 Å². The fourth-order valence-corrected chi connectivity index (χ4v) is 4.77. The van der Waals surface area contributed by atoms with Crippen LogP contribution in [0.15, 0.2) is 0 Å². The lowest BCUT2D eigenvalue weighted by atomic mass is 10.0. The van der Waals surface area contributed by atoms with E-state index in [9.17, 15) is 4.79 Å². The molecule has 3 heteroatoms. The van der Waals surface area contributed by atoms with Crippen molar-refractivity contribution < 1.29 is 4.79 Å². The van der Waals surface area contributed by atoms with Gasteiger partial charge >= 0.3 is 0 Å². The molecule has 2 atom stereocenters. The van der Waals surface area contributed by atoms with Gasteiger partial charge in [-0.2, -0.15) is 11.8 Å². The zero-order valence-corrected chi connectivity index (χ0v) is 10.9. The Kier molecular flexibility index (Phi) is 5.39. The summed E-state index contributed by atoms with van der Waals surface area (Å²) in [6.45, 7) is 6.44. The van der Waals surface area contributed by atoms with Crippen molar-refractivity contribution in [1.82, 2.24) is 0 Å². The minimum absolute atomic E-state index is 0.279. The van der Waals surface area contributed by atoms with E-state index in [1.54, 1.807) is 0 Å². The van der Waals surface area contributed by atoms with Crippen LogP contribution in [0.1, 0.15) is 33.6 Å². The molecule has 0 aromatic heterocycles. The molecule has 1 heterocycles. The molecule has 0 saturated carbocycles. The van der Waals surface area contributed by atoms with Gasteiger partial charge in [-0.25, -0.2) is 0 Å². The molecule has 0 aromatic rings. The Bertz CT molecular complexity index is 192. The monoisotopic (exact) mass is 232 g/mol. The topological polar surface area (TPSA) is 17.1 Å². The van der Waals surface area contributed by atoms with Gasteiger partial charge < -0.3 is 0 Å². The molecule has 82 valence electrons. The van der Waals surface area contributed by atoms with Gasteiger partial charge in [0, 0.05) is 23.2 Å². The van der Waals surface area contributed by atoms with Gasteiger partial charge in [0.15, 0.2) is 0 Å². The van der Waals surface area contributed by atoms with Crippen LogP contribution < -0.4 is 0 Å². The summed E-state index contributed by atoms with van der Waals surface area (Å²) >= 11 is 3.86. The lowest BCUT2D eigenvalue weighted by Crippen LogP contribution is -2.33. The summed E-state index contributed by atoms with van der Waals surface area (Å²) in [5.74, 6) is 3.35. The smallest absolute Gasteiger partial charge is 0.147 e. The van der Waals surface area contributed by atoms with Gasteiger partial charge in [0.1, 0.15) is 5.78 Å². The second-order valence-electron chi connectivity index (χ2n) is 4.17. The first-order chi connectivity index (χ1) is 6.65. The Balaban J connectivity index is 2.50. The molecule has 0 bridgehead atoms. The lowest BCUT2D eigenvalue weighted by molar-refractivity contribution is -0.119. The van der Waals surface area contributed by atoms with Crippen molar-refractivity contribution in [2.24, 2.45) is 5.92 Å². The van der Waals surface area contributed by atoms with Crippen molar-refractivity contribution in [2.75, 3.05) is 11.5 Å². The summed E-state index contributed by atoms with van der Waals surface area (Å²) in [5.41, 5.74) is 0. The number of hydrogen-bond acceptors (Lipinski definition) is 3. The van der Waals surface area contributed by atoms with Crippen LogP contribution in [-0.2, 0) is 4.79 Å². The van der Waals surface area contributed by atoms with E-state index in [1.807, 2.05) is 23.5 Å². The molecule has 0 aromatic carbocycles. The third-order valence-corrected chi connectivity index (χ3v) is 5.67. The lowest BCUT2D eigenvalue weighted by Gasteiger charge is -2.29. The van der Waals surface area contributed by atoms with E-state index in [0.29, 0.717) is 17.0 Å². The first-order valence-corrected chi connectivity index (χ1v) is 7.50. The second-order valence-corrected chi connectivity index (χ2v) is 6.77. The average molecular weight is 232 g/mol. The van der Waals surface area contributed by atoms with Crippen molar-refractivity contribution in [3.8, 4) is 0 Å². The molecule has 0 radical (unpaired) electrons. The molecule has 1 aliphatic rings. The van der Waals surface area contributed by atoms with Gasteiger partial charge in [-0.3, -0.25) is 4.79 Å². The van der Waals surface area contributed by atoms with Crippen LogP contribution in [0.25, 0.3) is 0 Å². The van der Waals surface area contributed by atoms with Crippen molar-refractivity contribution >= 4 is 29.3 Å². The molecule has 1 rings (SSSR count). The van der Waals surface area contributed by atoms with Crippen molar-refractivity contribution in [3.05, 3.63) is 0 Å². The molecule has 1 saturated heterocycles. The molecule has 0 aliphatic carbocycles. The molecule has 2 unspecified atom stereocenters. The fourth-order valence-electron chi connectivity index (χ4n) is 1.72. The maximum atomic E-state index is 11.9. The first kappa shape index (κ1) is 12.4. The Labute approximate surface area is 95.8 Å². The minimum Gasteiger partial charge on any atom is -0.298 e. The number of carbonyl (C=O) groups is 1. The molecular formula is C11H20OS2. The standard InChI is InChI=1S/C11H20OS2/c1-4-10-11(14-6-5-13-10)9(12)7-8(2)3/h8,10-11H,4-7H2,1-3H3. The SMILES string of the molecule is CCC1SCCSC1C(=O)CC(C)C. The van der Waals surface area contributed by atoms with E-state index < -0.39 is 0 Å². The van der Waals surface area contributed by atoms with E-state index in [1.165, 1.54) is 5.75 Å². The van der Waals surface area contributed by atoms with Crippen LogP contribution in [0.2, 0.25) is 0 Å². The van der Waals surface area contributed by atoms with Gasteiger partial charge in [-0.05, 0) is 12.3 Å². The highest BCUT2D eigenvalue weighted by Gasteiger charge is 2.30. The molecule has 0 spiro atoms. The normalized spacial score (nSPS) is 28.0. The van der Waals surface area contributed by atoms with Crippen molar-refractivity contribution in [3.63, 3.8) is 0 Å². The van der Waals surface area contributed by atoms with Crippen LogP contribution in [0.3, 0.4) is 0 Å². The number of hydrogen-bond donors (Lipinski definition) is 0. The predicted octanol–water partition coefficient (Wildman–Crippen LogP) is 3.23. The Morgan fingerprint density at radius 3 is 2.57 bits per heavy atom. The number of carbonyl (C=O) groups excluding carboxylic acids is 1. The van der Waals surface area contributed by atoms with Gasteiger partial charge in [0.05, 0.1) is 5.25 Å². The summed E-state index contributed by atoms with van der Waals surface area (Å²) in [6.07, 6.45) is 1.89. The maximum Gasteiger partial charge on any atom is 0.147 e. The zero-order valence-electron chi connectivity index (χ0n) is 9.29. The molecule has 0 N–H and O–H groups in total. The summed E-state index contributed by atoms with van der Waals surface area (Å²) in [6, 6.07) is 0. The second kappa shape index (κ2) is 6.06. The van der Waals surface area contributed by atoms with Crippen LogP contribution in [0.5, 0.6) is 0 Å². The van der Waals surface area contributed by atoms with E-state index >= 15 is 0 Å². The van der Waals surface area contributed by atoms with Crippen LogP contribution in [0, 0.1) is 5.92 Å². The zero-order chi connectivity index (χ0) is 10.6. The Morgan fingerprint density at radius 2 is 2.00 bits per heavy atom. The minimum atomic E-state index is 0.279. The summed E-state index contributed by atoms with van der Waals surface area (Å²) < 4.78 is 0. The summed E-state index contributed by atoms with van der Waals surface area (Å²) in [5, 5.41) is 0.848. The predicted molar refractivity (Wildman–Crippen MR) is 67.2 cm³/mol. The fraction of sp³-hybridized carbons (Fsp3) is 0.909. The molecule has 1 aliphatic heterocycles. The van der Waals surface area contributed by atoms with Crippen molar-refractivity contribution in [2.45, 2.75) is 44.1 Å². The molecule has 14 heavy (non-hydrogen) atoms. The summed E-state index contributed by atoms with van der Waals surface area (Å²) in [7, 11) is 0. The van der Waals surface area contributed by atoms with Gasteiger partial charge in [0.25, 0.3) is 0 Å². The van der Waals surface area contributed by atoms with E-state index in [4.69, 9.17) is 0 Å². The third kappa shape index (κ3) is 3.50. The van der Waals surface area contributed by atoms with E-state index in [2.05, 4.69) is 20.8 Å². The molecular weight excluding hydrogens is 212 g/mol. The van der Waals surface area contributed by atoms with E-state index in [0.717, 1.165) is 18.6 Å². The number of Topliss-reactive ketones (excluding diaryl/α,β-unsaturated/α-hetero) is 1. The summed E-state index contributed by atoms with van der Waals surface area (Å²) in [4.78, 5) is 11.9. The average Bonchev–Trinajstić information content (AvgIpc) is 2.16. The third-order valence-electron chi connectivity index (χ3n) is 2.38. The Hall–Kier alpha value is 0.370. The largest absolute Gasteiger partial charge is 0.298 e. The highest BCUT2D eigenvalue weighted by molar-refractivity contribution is 8.07. The quantitative estimate of drug-likeness (QED) is 0.741. The first-order valence-electron chi connectivity index (χ1n) is 5.41.